The molecule has 0 aliphatic rings. The lowest BCUT2D eigenvalue weighted by atomic mass is 10.1. The molecule has 24 heavy (non-hydrogen) atoms. The molecule has 2 heterocycles. The molecule has 0 spiro atoms. The quantitative estimate of drug-likeness (QED) is 0.733. The van der Waals surface area contributed by atoms with Crippen LogP contribution in [0.5, 0.6) is 0 Å². The average molecular weight is 343 g/mol. The van der Waals surface area contributed by atoms with Crippen LogP contribution in [-0.4, -0.2) is 27.8 Å². The zero-order valence-corrected chi connectivity index (χ0v) is 13.9. The number of esters is 1. The van der Waals surface area contributed by atoms with E-state index in [9.17, 15) is 4.79 Å². The molecular weight excluding hydrogens is 328 g/mol. The molecule has 0 aliphatic heterocycles. The van der Waals surface area contributed by atoms with Gasteiger partial charge < -0.3 is 10.1 Å². The Bertz CT molecular complexity index is 875. The van der Waals surface area contributed by atoms with Gasteiger partial charge in [-0.25, -0.2) is 4.79 Å². The van der Waals surface area contributed by atoms with Gasteiger partial charge >= 0.3 is 5.97 Å². The fourth-order valence-electron chi connectivity index (χ4n) is 2.27. The van der Waals surface area contributed by atoms with Crippen LogP contribution in [0.2, 0.25) is 5.02 Å². The number of benzene rings is 1. The van der Waals surface area contributed by atoms with Gasteiger partial charge in [0.1, 0.15) is 5.82 Å². The first-order valence-electron chi connectivity index (χ1n) is 7.18. The number of aryl methyl sites for hydroxylation is 1. The van der Waals surface area contributed by atoms with E-state index >= 15 is 0 Å². The molecule has 0 amide bonds. The van der Waals surface area contributed by atoms with E-state index in [1.165, 1.54) is 7.11 Å². The van der Waals surface area contributed by atoms with E-state index in [0.29, 0.717) is 16.3 Å². The molecule has 0 atom stereocenters. The second kappa shape index (κ2) is 6.72. The Hall–Kier alpha value is -2.86. The largest absolute Gasteiger partial charge is 0.465 e. The highest BCUT2D eigenvalue weighted by molar-refractivity contribution is 6.30. The highest BCUT2D eigenvalue weighted by Crippen LogP contribution is 2.26. The van der Waals surface area contributed by atoms with Crippen LogP contribution in [0, 0.1) is 0 Å². The third-order valence-corrected chi connectivity index (χ3v) is 3.76. The number of ether oxygens (including phenoxy) is 1. The molecule has 3 rings (SSSR count). The third kappa shape index (κ3) is 3.23. The number of aromatic nitrogens is 3. The number of carbonyl (C=O) groups excluding carboxylic acids is 1. The number of methoxy groups -OCH3 is 1. The van der Waals surface area contributed by atoms with E-state index in [2.05, 4.69) is 15.4 Å². The monoisotopic (exact) mass is 342 g/mol. The van der Waals surface area contributed by atoms with E-state index in [4.69, 9.17) is 16.3 Å². The minimum Gasteiger partial charge on any atom is -0.465 e. The van der Waals surface area contributed by atoms with E-state index in [1.54, 1.807) is 23.1 Å². The zero-order chi connectivity index (χ0) is 17.1. The van der Waals surface area contributed by atoms with Crippen molar-refractivity contribution in [2.75, 3.05) is 12.4 Å². The van der Waals surface area contributed by atoms with Gasteiger partial charge in [0, 0.05) is 29.9 Å². The van der Waals surface area contributed by atoms with Crippen LogP contribution in [0.25, 0.3) is 11.3 Å². The van der Waals surface area contributed by atoms with E-state index in [1.807, 2.05) is 37.4 Å². The second-order valence-electron chi connectivity index (χ2n) is 5.08. The zero-order valence-electron chi connectivity index (χ0n) is 13.2. The topological polar surface area (TPSA) is 69.0 Å². The first-order chi connectivity index (χ1) is 11.6. The second-order valence-corrected chi connectivity index (χ2v) is 5.52. The lowest BCUT2D eigenvalue weighted by molar-refractivity contribution is 0.0602. The Labute approximate surface area is 144 Å². The number of carbonyl (C=O) groups is 1. The van der Waals surface area contributed by atoms with Gasteiger partial charge in [0.2, 0.25) is 0 Å². The van der Waals surface area contributed by atoms with Gasteiger partial charge in [0.15, 0.2) is 0 Å². The lowest BCUT2D eigenvalue weighted by Crippen LogP contribution is -2.07. The van der Waals surface area contributed by atoms with Crippen molar-refractivity contribution in [2.24, 2.45) is 7.05 Å². The summed E-state index contributed by atoms with van der Waals surface area (Å²) in [5.41, 5.74) is 2.69. The normalized spacial score (nSPS) is 10.5. The Balaban J connectivity index is 1.92. The minimum absolute atomic E-state index is 0.404. The summed E-state index contributed by atoms with van der Waals surface area (Å²) in [5.74, 6) is 0.290. The average Bonchev–Trinajstić information content (AvgIpc) is 2.96. The number of halogens is 1. The maximum absolute atomic E-state index is 11.8. The summed E-state index contributed by atoms with van der Waals surface area (Å²) in [6.45, 7) is 0. The number of nitrogens with zero attached hydrogens (tertiary/aromatic N) is 3. The summed E-state index contributed by atoms with van der Waals surface area (Å²) in [6, 6.07) is 10.9. The van der Waals surface area contributed by atoms with Crippen LogP contribution in [0.15, 0.2) is 48.8 Å². The molecule has 0 radical (unpaired) electrons. The predicted octanol–water partition coefficient (Wildman–Crippen LogP) is 3.67. The highest BCUT2D eigenvalue weighted by atomic mass is 35.5. The van der Waals surface area contributed by atoms with Gasteiger partial charge in [-0.1, -0.05) is 23.7 Å². The van der Waals surface area contributed by atoms with Gasteiger partial charge in [-0.05, 0) is 18.2 Å². The number of nitrogens with one attached hydrogen (secondary N) is 1. The van der Waals surface area contributed by atoms with Crippen molar-refractivity contribution in [1.29, 1.82) is 0 Å². The van der Waals surface area contributed by atoms with Crippen molar-refractivity contribution in [2.45, 2.75) is 0 Å². The molecule has 6 nitrogen and oxygen atoms in total. The van der Waals surface area contributed by atoms with Crippen molar-refractivity contribution >= 4 is 29.1 Å². The molecular formula is C17H15ClN4O2. The number of hydrogen-bond acceptors (Lipinski definition) is 5. The third-order valence-electron chi connectivity index (χ3n) is 3.51. The Morgan fingerprint density at radius 1 is 1.25 bits per heavy atom. The van der Waals surface area contributed by atoms with Gasteiger partial charge in [0.25, 0.3) is 0 Å². The summed E-state index contributed by atoms with van der Waals surface area (Å²) in [6.07, 6.45) is 3.11. The molecule has 1 N–H and O–H groups in total. The summed E-state index contributed by atoms with van der Waals surface area (Å²) < 4.78 is 6.48. The Morgan fingerprint density at radius 2 is 2.00 bits per heavy atom. The summed E-state index contributed by atoms with van der Waals surface area (Å²) >= 11 is 5.92. The molecule has 0 aliphatic carbocycles. The maximum atomic E-state index is 11.8. The highest BCUT2D eigenvalue weighted by Gasteiger charge is 2.14. The lowest BCUT2D eigenvalue weighted by Gasteiger charge is -2.09. The smallest absolute Gasteiger partial charge is 0.340 e. The van der Waals surface area contributed by atoms with Crippen LogP contribution in [-0.2, 0) is 11.8 Å². The molecule has 0 bridgehead atoms. The number of rotatable bonds is 4. The fourth-order valence-corrected chi connectivity index (χ4v) is 2.39. The van der Waals surface area contributed by atoms with E-state index in [-0.39, 0.29) is 0 Å². The van der Waals surface area contributed by atoms with Gasteiger partial charge in [-0.3, -0.25) is 9.67 Å². The van der Waals surface area contributed by atoms with Gasteiger partial charge in [0.05, 0.1) is 30.3 Å². The molecule has 0 saturated carbocycles. The van der Waals surface area contributed by atoms with Crippen LogP contribution in [0.3, 0.4) is 0 Å². The Kier molecular flexibility index (Phi) is 4.48. The summed E-state index contributed by atoms with van der Waals surface area (Å²) in [5, 5.41) is 8.32. The van der Waals surface area contributed by atoms with Crippen molar-refractivity contribution in [3.05, 3.63) is 59.4 Å². The maximum Gasteiger partial charge on any atom is 0.340 e. The van der Waals surface area contributed by atoms with Crippen molar-refractivity contribution in [3.63, 3.8) is 0 Å². The number of pyridine rings is 1. The minimum atomic E-state index is -0.431. The van der Waals surface area contributed by atoms with Crippen molar-refractivity contribution in [3.8, 4) is 11.3 Å². The molecule has 7 heteroatoms. The first kappa shape index (κ1) is 16.0. The SMILES string of the molecule is COC(=O)c1ccncc1Nc1cc(-c2ccc(Cl)cc2)nn1C. The molecule has 0 fully saturated rings. The van der Waals surface area contributed by atoms with Crippen LogP contribution >= 0.6 is 11.6 Å². The standard InChI is InChI=1S/C17H15ClN4O2/c1-22-16(9-14(21-22)11-3-5-12(18)6-4-11)20-15-10-19-8-7-13(15)17(23)24-2/h3-10,20H,1-2H3. The van der Waals surface area contributed by atoms with Crippen LogP contribution < -0.4 is 5.32 Å². The molecule has 0 unspecified atom stereocenters. The number of anilines is 2. The van der Waals surface area contributed by atoms with Crippen molar-refractivity contribution < 1.29 is 9.53 Å². The summed E-state index contributed by atoms with van der Waals surface area (Å²) in [4.78, 5) is 15.9. The molecule has 0 saturated heterocycles. The van der Waals surface area contributed by atoms with E-state index in [0.717, 1.165) is 17.1 Å². The van der Waals surface area contributed by atoms with Crippen LogP contribution in [0.1, 0.15) is 10.4 Å². The van der Waals surface area contributed by atoms with Crippen molar-refractivity contribution in [1.82, 2.24) is 14.8 Å². The molecule has 1 aromatic carbocycles. The molecule has 2 aromatic heterocycles. The summed E-state index contributed by atoms with van der Waals surface area (Å²) in [7, 11) is 3.16. The van der Waals surface area contributed by atoms with Crippen LogP contribution in [0.4, 0.5) is 11.5 Å². The molecule has 122 valence electrons. The Morgan fingerprint density at radius 3 is 2.71 bits per heavy atom. The first-order valence-corrected chi connectivity index (χ1v) is 7.55. The molecule has 3 aromatic rings. The predicted molar refractivity (Wildman–Crippen MR) is 92.5 cm³/mol. The van der Waals surface area contributed by atoms with E-state index < -0.39 is 5.97 Å². The van der Waals surface area contributed by atoms with Gasteiger partial charge in [-0.2, -0.15) is 5.10 Å². The number of hydrogen-bond donors (Lipinski definition) is 1. The van der Waals surface area contributed by atoms with Gasteiger partial charge in [-0.15, -0.1) is 0 Å². The fraction of sp³-hybridized carbons (Fsp3) is 0.118.